The van der Waals surface area contributed by atoms with Crippen LogP contribution in [0.5, 0.6) is 5.75 Å². The lowest BCUT2D eigenvalue weighted by Gasteiger charge is -2.09. The van der Waals surface area contributed by atoms with Crippen molar-refractivity contribution in [3.05, 3.63) is 66.0 Å². The molecule has 29 heavy (non-hydrogen) atoms. The summed E-state index contributed by atoms with van der Waals surface area (Å²) in [6.07, 6.45) is -4.72. The lowest BCUT2D eigenvalue weighted by molar-refractivity contribution is -0.146. The van der Waals surface area contributed by atoms with E-state index in [1.54, 1.807) is 24.3 Å². The molecule has 11 heteroatoms. The summed E-state index contributed by atoms with van der Waals surface area (Å²) in [7, 11) is 0. The first-order valence-electron chi connectivity index (χ1n) is 8.30. The highest BCUT2D eigenvalue weighted by molar-refractivity contribution is 7.99. The van der Waals surface area contributed by atoms with Gasteiger partial charge in [-0.3, -0.25) is 4.79 Å². The van der Waals surface area contributed by atoms with Crippen LogP contribution in [0.4, 0.5) is 18.9 Å². The molecule has 0 saturated carbocycles. The van der Waals surface area contributed by atoms with Gasteiger partial charge in [0.15, 0.2) is 0 Å². The number of thioether (sulfide) groups is 1. The maximum Gasteiger partial charge on any atom is 0.453 e. The van der Waals surface area contributed by atoms with E-state index in [4.69, 9.17) is 10.6 Å². The average molecular weight is 423 g/mol. The molecule has 1 heterocycles. The van der Waals surface area contributed by atoms with Crippen molar-refractivity contribution in [3.8, 4) is 5.75 Å². The largest absolute Gasteiger partial charge is 0.489 e. The quantitative estimate of drug-likeness (QED) is 0.447. The van der Waals surface area contributed by atoms with Gasteiger partial charge in [-0.05, 0) is 29.8 Å². The van der Waals surface area contributed by atoms with Crippen molar-refractivity contribution < 1.29 is 22.7 Å². The molecule has 152 valence electrons. The molecule has 1 amide bonds. The Labute approximate surface area is 168 Å². The molecule has 0 bridgehead atoms. The summed E-state index contributed by atoms with van der Waals surface area (Å²) in [6.45, 7) is 0.420. The summed E-state index contributed by atoms with van der Waals surface area (Å²) in [6, 6.07) is 16.4. The number of nitrogens with zero attached hydrogens (tertiary/aromatic N) is 3. The number of nitrogen functional groups attached to an aromatic ring is 1. The monoisotopic (exact) mass is 423 g/mol. The minimum Gasteiger partial charge on any atom is -0.489 e. The van der Waals surface area contributed by atoms with Crippen LogP contribution in [-0.2, 0) is 17.6 Å². The lowest BCUT2D eigenvalue weighted by Crippen LogP contribution is -2.22. The second-order valence-electron chi connectivity index (χ2n) is 5.81. The van der Waals surface area contributed by atoms with E-state index in [2.05, 4.69) is 15.5 Å². The van der Waals surface area contributed by atoms with E-state index in [9.17, 15) is 18.0 Å². The number of rotatable bonds is 7. The molecule has 0 aliphatic carbocycles. The third-order valence-electron chi connectivity index (χ3n) is 3.64. The number of carbonyl (C=O) groups is 1. The highest BCUT2D eigenvalue weighted by atomic mass is 32.2. The minimum atomic E-state index is -4.72. The van der Waals surface area contributed by atoms with Gasteiger partial charge in [0.1, 0.15) is 12.4 Å². The van der Waals surface area contributed by atoms with Crippen LogP contribution in [-0.4, -0.2) is 26.5 Å². The molecule has 0 aliphatic heterocycles. The summed E-state index contributed by atoms with van der Waals surface area (Å²) in [5.74, 6) is 4.02. The van der Waals surface area contributed by atoms with Gasteiger partial charge >= 0.3 is 6.18 Å². The molecule has 3 rings (SSSR count). The van der Waals surface area contributed by atoms with Gasteiger partial charge in [0.2, 0.25) is 11.1 Å². The van der Waals surface area contributed by atoms with Crippen molar-refractivity contribution in [3.63, 3.8) is 0 Å². The third-order valence-corrected chi connectivity index (χ3v) is 4.58. The number of alkyl halides is 3. The molecule has 0 spiro atoms. The average Bonchev–Trinajstić information content (AvgIpc) is 3.07. The van der Waals surface area contributed by atoms with Gasteiger partial charge < -0.3 is 15.9 Å². The van der Waals surface area contributed by atoms with E-state index in [0.29, 0.717) is 22.7 Å². The van der Waals surface area contributed by atoms with E-state index in [0.717, 1.165) is 17.3 Å². The van der Waals surface area contributed by atoms with Gasteiger partial charge in [-0.25, -0.2) is 4.68 Å². The normalized spacial score (nSPS) is 11.3. The molecule has 0 fully saturated rings. The molecular formula is C18H16F3N5O2S. The van der Waals surface area contributed by atoms with E-state index in [1.807, 2.05) is 30.3 Å². The maximum atomic E-state index is 12.6. The van der Waals surface area contributed by atoms with Crippen LogP contribution in [0.3, 0.4) is 0 Å². The first-order chi connectivity index (χ1) is 13.8. The third kappa shape index (κ3) is 5.64. The zero-order chi connectivity index (χ0) is 20.9. The maximum absolute atomic E-state index is 12.6. The van der Waals surface area contributed by atoms with Crippen molar-refractivity contribution in [2.45, 2.75) is 17.9 Å². The Morgan fingerprint density at radius 1 is 1.10 bits per heavy atom. The number of nitrogens with one attached hydrogen (secondary N) is 1. The van der Waals surface area contributed by atoms with Crippen molar-refractivity contribution in [1.29, 1.82) is 0 Å². The molecule has 3 aromatic rings. The number of anilines is 1. The molecule has 3 N–H and O–H groups in total. The summed E-state index contributed by atoms with van der Waals surface area (Å²) in [5, 5.41) is 8.77. The topological polar surface area (TPSA) is 95.1 Å². The fourth-order valence-electron chi connectivity index (χ4n) is 2.27. The van der Waals surface area contributed by atoms with Gasteiger partial charge in [0.05, 0.1) is 5.75 Å². The SMILES string of the molecule is Nn1c(SCC(=O)Nc2ccc(OCc3ccccc3)cc2)nnc1C(F)(F)F. The number of hydrogen-bond donors (Lipinski definition) is 2. The molecule has 0 saturated heterocycles. The highest BCUT2D eigenvalue weighted by Gasteiger charge is 2.38. The molecular weight excluding hydrogens is 407 g/mol. The van der Waals surface area contributed by atoms with Crippen LogP contribution in [0.25, 0.3) is 0 Å². The van der Waals surface area contributed by atoms with Gasteiger partial charge in [-0.2, -0.15) is 13.2 Å². The zero-order valence-electron chi connectivity index (χ0n) is 14.9. The number of carbonyl (C=O) groups excluding carboxylic acids is 1. The lowest BCUT2D eigenvalue weighted by atomic mass is 10.2. The fraction of sp³-hybridized carbons (Fsp3) is 0.167. The van der Waals surface area contributed by atoms with Crippen LogP contribution in [0.1, 0.15) is 11.4 Å². The summed E-state index contributed by atoms with van der Waals surface area (Å²) in [4.78, 5) is 12.0. The Morgan fingerprint density at radius 3 is 2.41 bits per heavy atom. The Morgan fingerprint density at radius 2 is 1.79 bits per heavy atom. The number of hydrogen-bond acceptors (Lipinski definition) is 6. The smallest absolute Gasteiger partial charge is 0.453 e. The predicted molar refractivity (Wildman–Crippen MR) is 102 cm³/mol. The van der Waals surface area contributed by atoms with Gasteiger partial charge in [-0.1, -0.05) is 42.1 Å². The van der Waals surface area contributed by atoms with Crippen molar-refractivity contribution in [1.82, 2.24) is 14.9 Å². The van der Waals surface area contributed by atoms with Crippen LogP contribution < -0.4 is 15.9 Å². The summed E-state index contributed by atoms with van der Waals surface area (Å²) >= 11 is 0.748. The molecule has 0 radical (unpaired) electrons. The summed E-state index contributed by atoms with van der Waals surface area (Å²) < 4.78 is 43.9. The number of aromatic nitrogens is 3. The van der Waals surface area contributed by atoms with Crippen molar-refractivity contribution in [2.24, 2.45) is 0 Å². The van der Waals surface area contributed by atoms with Gasteiger partial charge in [0, 0.05) is 5.69 Å². The first-order valence-corrected chi connectivity index (χ1v) is 9.28. The van der Waals surface area contributed by atoms with E-state index < -0.39 is 17.9 Å². The number of ether oxygens (including phenoxy) is 1. The predicted octanol–water partition coefficient (Wildman–Crippen LogP) is 3.32. The zero-order valence-corrected chi connectivity index (χ0v) is 15.7. The molecule has 7 nitrogen and oxygen atoms in total. The molecule has 0 unspecified atom stereocenters. The van der Waals surface area contributed by atoms with Crippen molar-refractivity contribution in [2.75, 3.05) is 16.9 Å². The van der Waals surface area contributed by atoms with Crippen LogP contribution in [0.15, 0.2) is 59.8 Å². The molecule has 0 aliphatic rings. The van der Waals surface area contributed by atoms with Crippen LogP contribution >= 0.6 is 11.8 Å². The van der Waals surface area contributed by atoms with Gasteiger partial charge in [0.25, 0.3) is 5.82 Å². The summed E-state index contributed by atoms with van der Waals surface area (Å²) in [5.41, 5.74) is 1.55. The number of halogens is 3. The van der Waals surface area contributed by atoms with Crippen LogP contribution in [0.2, 0.25) is 0 Å². The van der Waals surface area contributed by atoms with Gasteiger partial charge in [-0.15, -0.1) is 10.2 Å². The standard InChI is InChI=1S/C18H16F3N5O2S/c19-18(20,21)16-24-25-17(26(16)22)29-11-15(27)23-13-6-8-14(9-7-13)28-10-12-4-2-1-3-5-12/h1-9H,10-11,22H2,(H,23,27). The van der Waals surface area contributed by atoms with E-state index in [-0.39, 0.29) is 10.9 Å². The number of amides is 1. The highest BCUT2D eigenvalue weighted by Crippen LogP contribution is 2.28. The molecule has 0 atom stereocenters. The Balaban J connectivity index is 1.49. The molecule has 2 aromatic carbocycles. The number of benzene rings is 2. The Kier molecular flexibility index (Phi) is 6.27. The molecule has 1 aromatic heterocycles. The van der Waals surface area contributed by atoms with Crippen LogP contribution in [0, 0.1) is 0 Å². The first kappa shape index (κ1) is 20.5. The minimum absolute atomic E-state index is 0.181. The fourth-order valence-corrected chi connectivity index (χ4v) is 2.93. The van der Waals surface area contributed by atoms with E-state index >= 15 is 0 Å². The Hall–Kier alpha value is -3.21. The number of nitrogens with two attached hydrogens (primary N) is 1. The van der Waals surface area contributed by atoms with Crippen molar-refractivity contribution >= 4 is 23.4 Å². The Bertz CT molecular complexity index is 962. The second-order valence-corrected chi connectivity index (χ2v) is 6.75. The second kappa shape index (κ2) is 8.86. The van der Waals surface area contributed by atoms with E-state index in [1.165, 1.54) is 0 Å².